The lowest BCUT2D eigenvalue weighted by Gasteiger charge is -2.40. The molecule has 1 spiro atoms. The molecule has 1 aromatic carbocycles. The smallest absolute Gasteiger partial charge is 0.251 e. The van der Waals surface area contributed by atoms with Gasteiger partial charge in [0.15, 0.2) is 5.96 Å². The SMILES string of the molecule is CCNC(=NCCNC(=O)c1cccc(C)c1)N1CCCC2(CNC(=O)C2)C1.I. The van der Waals surface area contributed by atoms with Crippen LogP contribution in [0.15, 0.2) is 29.3 Å². The molecule has 2 aliphatic rings. The van der Waals surface area contributed by atoms with Crippen molar-refractivity contribution in [3.05, 3.63) is 35.4 Å². The number of amides is 2. The topological polar surface area (TPSA) is 85.8 Å². The van der Waals surface area contributed by atoms with E-state index < -0.39 is 0 Å². The van der Waals surface area contributed by atoms with E-state index in [-0.39, 0.29) is 41.2 Å². The Morgan fingerprint density at radius 3 is 2.86 bits per heavy atom. The van der Waals surface area contributed by atoms with Crippen molar-refractivity contribution in [3.63, 3.8) is 0 Å². The minimum atomic E-state index is -0.0728. The second-order valence-electron chi connectivity index (χ2n) is 7.84. The summed E-state index contributed by atoms with van der Waals surface area (Å²) in [4.78, 5) is 30.9. The van der Waals surface area contributed by atoms with Gasteiger partial charge in [0, 0.05) is 50.1 Å². The number of carbonyl (C=O) groups is 2. The Hall–Kier alpha value is -1.84. The van der Waals surface area contributed by atoms with Gasteiger partial charge < -0.3 is 20.9 Å². The molecular formula is C21H32IN5O2. The highest BCUT2D eigenvalue weighted by Gasteiger charge is 2.42. The number of nitrogens with zero attached hydrogens (tertiary/aromatic N) is 2. The van der Waals surface area contributed by atoms with Crippen molar-refractivity contribution in [3.8, 4) is 0 Å². The van der Waals surface area contributed by atoms with E-state index in [0.29, 0.717) is 25.1 Å². The lowest BCUT2D eigenvalue weighted by molar-refractivity contribution is -0.119. The van der Waals surface area contributed by atoms with E-state index in [1.165, 1.54) is 0 Å². The highest BCUT2D eigenvalue weighted by atomic mass is 127. The molecule has 2 aliphatic heterocycles. The van der Waals surface area contributed by atoms with Crippen molar-refractivity contribution in [1.29, 1.82) is 0 Å². The monoisotopic (exact) mass is 513 g/mol. The van der Waals surface area contributed by atoms with Crippen LogP contribution in [0.25, 0.3) is 0 Å². The maximum absolute atomic E-state index is 12.2. The van der Waals surface area contributed by atoms with Gasteiger partial charge >= 0.3 is 0 Å². The molecule has 0 saturated carbocycles. The van der Waals surface area contributed by atoms with Crippen LogP contribution in [0.4, 0.5) is 0 Å². The maximum Gasteiger partial charge on any atom is 0.251 e. The lowest BCUT2D eigenvalue weighted by atomic mass is 9.79. The van der Waals surface area contributed by atoms with E-state index in [9.17, 15) is 9.59 Å². The second kappa shape index (κ2) is 10.8. The summed E-state index contributed by atoms with van der Waals surface area (Å²) in [6.45, 7) is 8.35. The van der Waals surface area contributed by atoms with Crippen molar-refractivity contribution in [1.82, 2.24) is 20.9 Å². The van der Waals surface area contributed by atoms with Crippen molar-refractivity contribution in [2.24, 2.45) is 10.4 Å². The first kappa shape index (κ1) is 23.4. The Bertz CT molecular complexity index is 754. The van der Waals surface area contributed by atoms with E-state index in [4.69, 9.17) is 4.99 Å². The summed E-state index contributed by atoms with van der Waals surface area (Å²) in [5.74, 6) is 0.949. The van der Waals surface area contributed by atoms with Crippen molar-refractivity contribution in [2.45, 2.75) is 33.1 Å². The van der Waals surface area contributed by atoms with Crippen LogP contribution >= 0.6 is 24.0 Å². The molecule has 2 amide bonds. The van der Waals surface area contributed by atoms with Crippen LogP contribution in [0, 0.1) is 12.3 Å². The minimum absolute atomic E-state index is 0. The molecule has 1 unspecified atom stereocenters. The van der Waals surface area contributed by atoms with Crippen LogP contribution < -0.4 is 16.0 Å². The molecule has 2 fully saturated rings. The second-order valence-corrected chi connectivity index (χ2v) is 7.84. The number of aliphatic imine (C=N–C) groups is 1. The summed E-state index contributed by atoms with van der Waals surface area (Å²) in [7, 11) is 0. The van der Waals surface area contributed by atoms with Gasteiger partial charge in [-0.05, 0) is 38.8 Å². The van der Waals surface area contributed by atoms with Crippen LogP contribution in [0.1, 0.15) is 42.1 Å². The van der Waals surface area contributed by atoms with E-state index >= 15 is 0 Å². The van der Waals surface area contributed by atoms with Gasteiger partial charge in [-0.2, -0.15) is 0 Å². The van der Waals surface area contributed by atoms with Gasteiger partial charge in [0.25, 0.3) is 5.91 Å². The maximum atomic E-state index is 12.2. The zero-order valence-corrected chi connectivity index (χ0v) is 19.6. The Morgan fingerprint density at radius 2 is 2.17 bits per heavy atom. The largest absolute Gasteiger partial charge is 0.357 e. The number of hydrogen-bond acceptors (Lipinski definition) is 3. The molecule has 0 radical (unpaired) electrons. The number of halogens is 1. The number of guanidine groups is 1. The molecule has 0 aromatic heterocycles. The standard InChI is InChI=1S/C21H31N5O2.HI/c1-3-22-20(26-11-5-8-21(15-26)13-18(27)25-14-21)24-10-9-23-19(28)17-7-4-6-16(2)12-17;/h4,6-7,12H,3,5,8-11,13-15H2,1-2H3,(H,22,24)(H,23,28)(H,25,27);1H. The van der Waals surface area contributed by atoms with Gasteiger partial charge in [0.05, 0.1) is 6.54 Å². The molecule has 7 nitrogen and oxygen atoms in total. The molecule has 0 bridgehead atoms. The average molecular weight is 513 g/mol. The van der Waals surface area contributed by atoms with E-state index in [0.717, 1.165) is 50.5 Å². The van der Waals surface area contributed by atoms with Crippen molar-refractivity contribution < 1.29 is 9.59 Å². The number of likely N-dealkylation sites (tertiary alicyclic amines) is 1. The number of aryl methyl sites for hydroxylation is 1. The summed E-state index contributed by atoms with van der Waals surface area (Å²) < 4.78 is 0. The molecule has 29 heavy (non-hydrogen) atoms. The molecule has 2 saturated heterocycles. The highest BCUT2D eigenvalue weighted by molar-refractivity contribution is 14.0. The number of rotatable bonds is 5. The minimum Gasteiger partial charge on any atom is -0.357 e. The molecule has 3 rings (SSSR count). The highest BCUT2D eigenvalue weighted by Crippen LogP contribution is 2.35. The summed E-state index contributed by atoms with van der Waals surface area (Å²) in [5.41, 5.74) is 1.77. The van der Waals surface area contributed by atoms with Crippen LogP contribution in [0.5, 0.6) is 0 Å². The molecule has 1 atom stereocenters. The zero-order chi connectivity index (χ0) is 20.0. The lowest BCUT2D eigenvalue weighted by Crippen LogP contribution is -2.51. The Morgan fingerprint density at radius 1 is 1.34 bits per heavy atom. The summed E-state index contributed by atoms with van der Waals surface area (Å²) in [6, 6.07) is 7.57. The number of carbonyl (C=O) groups excluding carboxylic acids is 2. The van der Waals surface area contributed by atoms with E-state index in [1.54, 1.807) is 0 Å². The third kappa shape index (κ3) is 6.32. The molecule has 3 N–H and O–H groups in total. The van der Waals surface area contributed by atoms with E-state index in [1.807, 2.05) is 31.2 Å². The molecule has 2 heterocycles. The molecular weight excluding hydrogens is 481 g/mol. The molecule has 8 heteroatoms. The first-order chi connectivity index (χ1) is 13.5. The quantitative estimate of drug-likeness (QED) is 0.243. The third-order valence-electron chi connectivity index (χ3n) is 5.43. The first-order valence-corrected chi connectivity index (χ1v) is 10.2. The van der Waals surface area contributed by atoms with Gasteiger partial charge in [0.1, 0.15) is 0 Å². The van der Waals surface area contributed by atoms with Gasteiger partial charge in [-0.15, -0.1) is 24.0 Å². The fraction of sp³-hybridized carbons (Fsp3) is 0.571. The third-order valence-corrected chi connectivity index (χ3v) is 5.43. The fourth-order valence-electron chi connectivity index (χ4n) is 4.07. The summed E-state index contributed by atoms with van der Waals surface area (Å²) >= 11 is 0. The summed E-state index contributed by atoms with van der Waals surface area (Å²) in [5, 5.41) is 9.27. The predicted octanol–water partition coefficient (Wildman–Crippen LogP) is 1.91. The van der Waals surface area contributed by atoms with Crippen LogP contribution in [0.3, 0.4) is 0 Å². The van der Waals surface area contributed by atoms with Gasteiger partial charge in [-0.25, -0.2) is 0 Å². The normalized spacial score (nSPS) is 21.5. The number of hydrogen-bond donors (Lipinski definition) is 3. The number of piperidine rings is 1. The Kier molecular flexibility index (Phi) is 8.73. The number of benzene rings is 1. The first-order valence-electron chi connectivity index (χ1n) is 10.2. The molecule has 1 aromatic rings. The van der Waals surface area contributed by atoms with Gasteiger partial charge in [-0.3, -0.25) is 14.6 Å². The zero-order valence-electron chi connectivity index (χ0n) is 17.3. The van der Waals surface area contributed by atoms with Gasteiger partial charge in [0.2, 0.25) is 5.91 Å². The van der Waals surface area contributed by atoms with E-state index in [2.05, 4.69) is 27.8 Å². The summed E-state index contributed by atoms with van der Waals surface area (Å²) in [6.07, 6.45) is 2.74. The van der Waals surface area contributed by atoms with Gasteiger partial charge in [-0.1, -0.05) is 17.7 Å². The van der Waals surface area contributed by atoms with Crippen molar-refractivity contribution >= 4 is 41.8 Å². The fourth-order valence-corrected chi connectivity index (χ4v) is 4.07. The Balaban J connectivity index is 0.00000300. The molecule has 160 valence electrons. The number of nitrogens with one attached hydrogen (secondary N) is 3. The average Bonchev–Trinajstić information content (AvgIpc) is 3.03. The van der Waals surface area contributed by atoms with Crippen molar-refractivity contribution in [2.75, 3.05) is 39.3 Å². The molecule has 0 aliphatic carbocycles. The van der Waals surface area contributed by atoms with Crippen LogP contribution in [-0.4, -0.2) is 61.9 Å². The van der Waals surface area contributed by atoms with Crippen LogP contribution in [0.2, 0.25) is 0 Å². The Labute approximate surface area is 190 Å². The van der Waals surface area contributed by atoms with Crippen LogP contribution in [-0.2, 0) is 4.79 Å². The predicted molar refractivity (Wildman–Crippen MR) is 126 cm³/mol.